The predicted octanol–water partition coefficient (Wildman–Crippen LogP) is 4.25. The number of hydrogen-bond donors (Lipinski definition) is 1. The summed E-state index contributed by atoms with van der Waals surface area (Å²) in [7, 11) is 1.96. The van der Waals surface area contributed by atoms with Crippen LogP contribution in [0.25, 0.3) is 0 Å². The van der Waals surface area contributed by atoms with Crippen molar-refractivity contribution < 1.29 is 4.39 Å². The van der Waals surface area contributed by atoms with Gasteiger partial charge in [0.1, 0.15) is 5.82 Å². The SMILES string of the molecule is CNC(CSc1cccc(F)c1)c1csc(C)c1. The summed E-state index contributed by atoms with van der Waals surface area (Å²) in [4.78, 5) is 2.29. The van der Waals surface area contributed by atoms with Gasteiger partial charge in [-0.2, -0.15) is 0 Å². The molecule has 0 radical (unpaired) electrons. The molecule has 4 heteroatoms. The summed E-state index contributed by atoms with van der Waals surface area (Å²) in [5.74, 6) is 0.725. The van der Waals surface area contributed by atoms with Crippen molar-refractivity contribution in [3.63, 3.8) is 0 Å². The number of benzene rings is 1. The minimum Gasteiger partial charge on any atom is -0.312 e. The quantitative estimate of drug-likeness (QED) is 0.822. The van der Waals surface area contributed by atoms with Gasteiger partial charge in [0.25, 0.3) is 0 Å². The van der Waals surface area contributed by atoms with E-state index in [1.165, 1.54) is 16.5 Å². The van der Waals surface area contributed by atoms with Crippen LogP contribution >= 0.6 is 23.1 Å². The van der Waals surface area contributed by atoms with Crippen molar-refractivity contribution in [3.8, 4) is 0 Å². The van der Waals surface area contributed by atoms with Crippen LogP contribution in [0.4, 0.5) is 4.39 Å². The summed E-state index contributed by atoms with van der Waals surface area (Å²) in [5, 5.41) is 5.49. The van der Waals surface area contributed by atoms with Crippen LogP contribution in [0.5, 0.6) is 0 Å². The fraction of sp³-hybridized carbons (Fsp3) is 0.286. The minimum atomic E-state index is -0.174. The van der Waals surface area contributed by atoms with Gasteiger partial charge in [0.2, 0.25) is 0 Å². The molecule has 1 heterocycles. The van der Waals surface area contributed by atoms with Crippen LogP contribution in [0.3, 0.4) is 0 Å². The van der Waals surface area contributed by atoms with Crippen molar-refractivity contribution in [3.05, 3.63) is 52.0 Å². The minimum absolute atomic E-state index is 0.174. The highest BCUT2D eigenvalue weighted by molar-refractivity contribution is 7.99. The summed E-state index contributed by atoms with van der Waals surface area (Å²) in [6, 6.07) is 9.26. The van der Waals surface area contributed by atoms with Crippen LogP contribution < -0.4 is 5.32 Å². The summed E-state index contributed by atoms with van der Waals surface area (Å²) in [5.41, 5.74) is 1.31. The van der Waals surface area contributed by atoms with Crippen molar-refractivity contribution in [2.75, 3.05) is 12.8 Å². The average molecular weight is 281 g/mol. The molecule has 0 aliphatic heterocycles. The standard InChI is InChI=1S/C14H16FNS2/c1-10-6-11(8-17-10)14(16-2)9-18-13-5-3-4-12(15)7-13/h3-8,14,16H,9H2,1-2H3. The number of thiophene rings is 1. The Morgan fingerprint density at radius 1 is 1.39 bits per heavy atom. The number of hydrogen-bond acceptors (Lipinski definition) is 3. The number of nitrogens with one attached hydrogen (secondary N) is 1. The molecule has 0 aliphatic carbocycles. The Morgan fingerprint density at radius 2 is 2.22 bits per heavy atom. The van der Waals surface area contributed by atoms with Crippen molar-refractivity contribution >= 4 is 23.1 Å². The van der Waals surface area contributed by atoms with Crippen LogP contribution in [0.1, 0.15) is 16.5 Å². The maximum absolute atomic E-state index is 13.1. The maximum Gasteiger partial charge on any atom is 0.124 e. The van der Waals surface area contributed by atoms with E-state index >= 15 is 0 Å². The Balaban J connectivity index is 1.99. The zero-order valence-electron chi connectivity index (χ0n) is 10.4. The highest BCUT2D eigenvalue weighted by Gasteiger charge is 2.11. The third-order valence-electron chi connectivity index (χ3n) is 2.71. The Morgan fingerprint density at radius 3 is 2.83 bits per heavy atom. The molecule has 1 aromatic heterocycles. The summed E-state index contributed by atoms with van der Waals surface area (Å²) >= 11 is 3.44. The molecule has 1 N–H and O–H groups in total. The van der Waals surface area contributed by atoms with Gasteiger partial charge in [-0.25, -0.2) is 4.39 Å². The molecule has 2 rings (SSSR count). The molecule has 0 aliphatic rings. The molecule has 1 unspecified atom stereocenters. The van der Waals surface area contributed by atoms with Gasteiger partial charge in [-0.05, 0) is 49.2 Å². The lowest BCUT2D eigenvalue weighted by Crippen LogP contribution is -2.17. The second kappa shape index (κ2) is 6.36. The Labute approximate surface area is 115 Å². The average Bonchev–Trinajstić information content (AvgIpc) is 2.77. The van der Waals surface area contributed by atoms with Gasteiger partial charge >= 0.3 is 0 Å². The number of halogens is 1. The lowest BCUT2D eigenvalue weighted by atomic mass is 10.2. The van der Waals surface area contributed by atoms with Crippen molar-refractivity contribution in [2.45, 2.75) is 17.9 Å². The molecule has 18 heavy (non-hydrogen) atoms. The molecular formula is C14H16FNS2. The van der Waals surface area contributed by atoms with E-state index in [1.807, 2.05) is 13.1 Å². The van der Waals surface area contributed by atoms with Crippen LogP contribution in [0.15, 0.2) is 40.6 Å². The van der Waals surface area contributed by atoms with E-state index in [1.54, 1.807) is 35.2 Å². The maximum atomic E-state index is 13.1. The van der Waals surface area contributed by atoms with Crippen molar-refractivity contribution in [1.82, 2.24) is 5.32 Å². The summed E-state index contributed by atoms with van der Waals surface area (Å²) < 4.78 is 13.1. The van der Waals surface area contributed by atoms with Gasteiger partial charge in [-0.15, -0.1) is 23.1 Å². The normalized spacial score (nSPS) is 12.6. The molecule has 0 saturated carbocycles. The van der Waals surface area contributed by atoms with Crippen LogP contribution in [-0.4, -0.2) is 12.8 Å². The van der Waals surface area contributed by atoms with E-state index in [4.69, 9.17) is 0 Å². The second-order valence-corrected chi connectivity index (χ2v) is 6.31. The van der Waals surface area contributed by atoms with Gasteiger partial charge < -0.3 is 5.32 Å². The largest absolute Gasteiger partial charge is 0.312 e. The first-order valence-corrected chi connectivity index (χ1v) is 7.66. The zero-order chi connectivity index (χ0) is 13.0. The van der Waals surface area contributed by atoms with Gasteiger partial charge in [0.05, 0.1) is 0 Å². The molecule has 0 spiro atoms. The molecule has 0 saturated heterocycles. The van der Waals surface area contributed by atoms with E-state index in [0.717, 1.165) is 10.6 Å². The molecule has 0 fully saturated rings. The van der Waals surface area contributed by atoms with Crippen LogP contribution in [-0.2, 0) is 0 Å². The lowest BCUT2D eigenvalue weighted by Gasteiger charge is -2.14. The smallest absolute Gasteiger partial charge is 0.124 e. The lowest BCUT2D eigenvalue weighted by molar-refractivity contribution is 0.624. The number of rotatable bonds is 5. The fourth-order valence-corrected chi connectivity index (χ4v) is 3.58. The first kappa shape index (κ1) is 13.6. The summed E-state index contributed by atoms with van der Waals surface area (Å²) in [6.07, 6.45) is 0. The highest BCUT2D eigenvalue weighted by atomic mass is 32.2. The van der Waals surface area contributed by atoms with E-state index in [0.29, 0.717) is 6.04 Å². The van der Waals surface area contributed by atoms with Gasteiger partial charge in [0, 0.05) is 21.6 Å². The van der Waals surface area contributed by atoms with Crippen LogP contribution in [0.2, 0.25) is 0 Å². The van der Waals surface area contributed by atoms with Crippen molar-refractivity contribution in [1.29, 1.82) is 0 Å². The molecule has 2 aromatic rings. The molecule has 0 bridgehead atoms. The molecule has 1 atom stereocenters. The third kappa shape index (κ3) is 3.57. The fourth-order valence-electron chi connectivity index (χ4n) is 1.73. The molecule has 0 amide bonds. The molecule has 96 valence electrons. The Kier molecular flexibility index (Phi) is 4.80. The Bertz CT molecular complexity index is 510. The second-order valence-electron chi connectivity index (χ2n) is 4.10. The van der Waals surface area contributed by atoms with E-state index in [2.05, 4.69) is 23.7 Å². The third-order valence-corrected chi connectivity index (χ3v) is 4.68. The van der Waals surface area contributed by atoms with E-state index < -0.39 is 0 Å². The van der Waals surface area contributed by atoms with Crippen molar-refractivity contribution in [2.24, 2.45) is 0 Å². The summed E-state index contributed by atoms with van der Waals surface area (Å²) in [6.45, 7) is 2.11. The van der Waals surface area contributed by atoms with E-state index in [-0.39, 0.29) is 5.82 Å². The van der Waals surface area contributed by atoms with Crippen LogP contribution in [0, 0.1) is 12.7 Å². The molecule has 1 aromatic carbocycles. The first-order valence-electron chi connectivity index (χ1n) is 5.79. The van der Waals surface area contributed by atoms with Gasteiger partial charge in [0.15, 0.2) is 0 Å². The molecule has 1 nitrogen and oxygen atoms in total. The number of aryl methyl sites for hydroxylation is 1. The Hall–Kier alpha value is -0.840. The zero-order valence-corrected chi connectivity index (χ0v) is 12.1. The topological polar surface area (TPSA) is 12.0 Å². The van der Waals surface area contributed by atoms with Gasteiger partial charge in [-0.1, -0.05) is 6.07 Å². The predicted molar refractivity (Wildman–Crippen MR) is 78.0 cm³/mol. The highest BCUT2D eigenvalue weighted by Crippen LogP contribution is 2.27. The monoisotopic (exact) mass is 281 g/mol. The number of thioether (sulfide) groups is 1. The van der Waals surface area contributed by atoms with Gasteiger partial charge in [-0.3, -0.25) is 0 Å². The van der Waals surface area contributed by atoms with E-state index in [9.17, 15) is 4.39 Å². The molecular weight excluding hydrogens is 265 g/mol. The first-order chi connectivity index (χ1) is 8.69.